The summed E-state index contributed by atoms with van der Waals surface area (Å²) in [4.78, 5) is 58.4. The molecule has 4 heterocycles. The Bertz CT molecular complexity index is 1500. The molecule has 164 valence electrons. The second-order valence-corrected chi connectivity index (χ2v) is 7.58. The van der Waals surface area contributed by atoms with Crippen LogP contribution >= 0.6 is 0 Å². The van der Waals surface area contributed by atoms with Gasteiger partial charge in [-0.3, -0.25) is 19.4 Å². The summed E-state index contributed by atoms with van der Waals surface area (Å²) in [5.41, 5.74) is 0.0434. The molecule has 33 heavy (non-hydrogen) atoms. The Morgan fingerprint density at radius 3 is 2.39 bits per heavy atom. The van der Waals surface area contributed by atoms with Crippen LogP contribution < -0.4 is 16.8 Å². The van der Waals surface area contributed by atoms with Crippen LogP contribution in [0.5, 0.6) is 0 Å². The Morgan fingerprint density at radius 1 is 0.939 bits per heavy atom. The standard InChI is InChI=1S/C23H18N6O4/c30-20-7-6-19(15-8-10-24-11-9-15)26-29(20)17-13-27(14-17)21(31)18-12-25-23(33)28(22(18)32)16-4-2-1-3-5-16/h1-12,17H,13-14H2,(H,25,33). The Morgan fingerprint density at radius 2 is 1.67 bits per heavy atom. The predicted octanol–water partition coefficient (Wildman–Crippen LogP) is 0.842. The zero-order valence-electron chi connectivity index (χ0n) is 17.3. The van der Waals surface area contributed by atoms with Gasteiger partial charge in [-0.2, -0.15) is 5.10 Å². The summed E-state index contributed by atoms with van der Waals surface area (Å²) in [6.45, 7) is 0.435. The SMILES string of the molecule is O=C(c1c[nH]c(=O)n(-c2ccccc2)c1=O)N1CC(n2nc(-c3ccncc3)ccc2=O)C1. The number of pyridine rings is 1. The molecule has 0 radical (unpaired) electrons. The van der Waals surface area contributed by atoms with E-state index < -0.39 is 17.2 Å². The largest absolute Gasteiger partial charge is 0.334 e. The molecule has 4 aromatic rings. The number of carbonyl (C=O) groups excluding carboxylic acids is 1. The first-order chi connectivity index (χ1) is 16.0. The predicted molar refractivity (Wildman–Crippen MR) is 119 cm³/mol. The second-order valence-electron chi connectivity index (χ2n) is 7.58. The molecule has 1 aliphatic rings. The van der Waals surface area contributed by atoms with Crippen LogP contribution in [0.1, 0.15) is 16.4 Å². The molecule has 5 rings (SSSR count). The molecule has 1 amide bonds. The average molecular weight is 442 g/mol. The fourth-order valence-electron chi connectivity index (χ4n) is 3.75. The number of amides is 1. The first-order valence-corrected chi connectivity index (χ1v) is 10.2. The van der Waals surface area contributed by atoms with Crippen LogP contribution in [0.15, 0.2) is 87.6 Å². The van der Waals surface area contributed by atoms with Gasteiger partial charge in [-0.15, -0.1) is 0 Å². The van der Waals surface area contributed by atoms with Crippen LogP contribution in [0.2, 0.25) is 0 Å². The number of H-pyrrole nitrogens is 1. The minimum absolute atomic E-state index is 0.150. The Labute approximate surface area is 186 Å². The van der Waals surface area contributed by atoms with Gasteiger partial charge in [0.1, 0.15) is 5.56 Å². The lowest BCUT2D eigenvalue weighted by molar-refractivity contribution is 0.0490. The molecule has 1 aromatic carbocycles. The van der Waals surface area contributed by atoms with Crippen molar-refractivity contribution in [2.75, 3.05) is 13.1 Å². The van der Waals surface area contributed by atoms with Crippen LogP contribution in [0.3, 0.4) is 0 Å². The zero-order chi connectivity index (χ0) is 22.9. The summed E-state index contributed by atoms with van der Waals surface area (Å²) in [5, 5.41) is 4.44. The van der Waals surface area contributed by atoms with E-state index in [0.29, 0.717) is 11.4 Å². The van der Waals surface area contributed by atoms with Crippen molar-refractivity contribution >= 4 is 5.91 Å². The van der Waals surface area contributed by atoms with Crippen molar-refractivity contribution in [3.05, 3.63) is 110 Å². The lowest BCUT2D eigenvalue weighted by Gasteiger charge is -2.39. The Balaban J connectivity index is 1.39. The number of carbonyl (C=O) groups is 1. The Kier molecular flexibility index (Phi) is 5.02. The number of nitrogens with one attached hydrogen (secondary N) is 1. The third-order valence-corrected chi connectivity index (χ3v) is 5.52. The van der Waals surface area contributed by atoms with Gasteiger partial charge in [-0.05, 0) is 30.3 Å². The minimum atomic E-state index is -0.701. The summed E-state index contributed by atoms with van der Waals surface area (Å²) < 4.78 is 2.28. The van der Waals surface area contributed by atoms with Crippen LogP contribution in [0, 0.1) is 0 Å². The van der Waals surface area contributed by atoms with Gasteiger partial charge < -0.3 is 9.88 Å². The fourth-order valence-corrected chi connectivity index (χ4v) is 3.75. The highest BCUT2D eigenvalue weighted by atomic mass is 16.2. The molecule has 1 N–H and O–H groups in total. The molecule has 1 fully saturated rings. The quantitative estimate of drug-likeness (QED) is 0.500. The first-order valence-electron chi connectivity index (χ1n) is 10.2. The van der Waals surface area contributed by atoms with Gasteiger partial charge in [0.15, 0.2) is 0 Å². The van der Waals surface area contributed by atoms with Gasteiger partial charge in [0, 0.05) is 43.3 Å². The molecule has 1 saturated heterocycles. The second kappa shape index (κ2) is 8.15. The smallest absolute Gasteiger partial charge is 0.333 e. The molecule has 3 aromatic heterocycles. The normalized spacial score (nSPS) is 13.5. The highest BCUT2D eigenvalue weighted by molar-refractivity contribution is 5.94. The van der Waals surface area contributed by atoms with Gasteiger partial charge >= 0.3 is 5.69 Å². The molecule has 1 aliphatic heterocycles. The number of aromatic nitrogens is 5. The van der Waals surface area contributed by atoms with Crippen molar-refractivity contribution in [1.82, 2.24) is 29.2 Å². The maximum absolute atomic E-state index is 13.0. The van der Waals surface area contributed by atoms with E-state index in [9.17, 15) is 19.2 Å². The monoisotopic (exact) mass is 442 g/mol. The average Bonchev–Trinajstić information content (AvgIpc) is 2.80. The fraction of sp³-hybridized carbons (Fsp3) is 0.130. The van der Waals surface area contributed by atoms with E-state index in [4.69, 9.17) is 0 Å². The van der Waals surface area contributed by atoms with Crippen LogP contribution in [-0.4, -0.2) is 48.2 Å². The number of aromatic amines is 1. The maximum Gasteiger partial charge on any atom is 0.333 e. The summed E-state index contributed by atoms with van der Waals surface area (Å²) in [7, 11) is 0. The van der Waals surface area contributed by atoms with Crippen LogP contribution in [-0.2, 0) is 0 Å². The van der Waals surface area contributed by atoms with Gasteiger partial charge in [0.25, 0.3) is 17.0 Å². The van der Waals surface area contributed by atoms with Gasteiger partial charge in [0.05, 0.1) is 17.4 Å². The van der Waals surface area contributed by atoms with Crippen LogP contribution in [0.25, 0.3) is 16.9 Å². The van der Waals surface area contributed by atoms with E-state index in [1.165, 1.54) is 15.6 Å². The van der Waals surface area contributed by atoms with E-state index in [0.717, 1.165) is 16.3 Å². The summed E-state index contributed by atoms with van der Waals surface area (Å²) >= 11 is 0. The number of hydrogen-bond donors (Lipinski definition) is 1. The van der Waals surface area contributed by atoms with E-state index in [1.807, 2.05) is 0 Å². The first kappa shape index (κ1) is 20.3. The molecule has 0 unspecified atom stereocenters. The highest BCUT2D eigenvalue weighted by Gasteiger charge is 2.35. The van der Waals surface area contributed by atoms with Crippen molar-refractivity contribution in [2.24, 2.45) is 0 Å². The third kappa shape index (κ3) is 3.67. The Hall–Kier alpha value is -4.60. The molecule has 0 aliphatic carbocycles. The van der Waals surface area contributed by atoms with Crippen molar-refractivity contribution in [1.29, 1.82) is 0 Å². The summed E-state index contributed by atoms with van der Waals surface area (Å²) in [6.07, 6.45) is 4.42. The molecule has 0 spiro atoms. The van der Waals surface area contributed by atoms with Crippen molar-refractivity contribution in [3.63, 3.8) is 0 Å². The summed E-state index contributed by atoms with van der Waals surface area (Å²) in [6, 6.07) is 14.7. The number of rotatable bonds is 4. The number of likely N-dealkylation sites (tertiary alicyclic amines) is 1. The highest BCUT2D eigenvalue weighted by Crippen LogP contribution is 2.22. The molecule has 10 nitrogen and oxygen atoms in total. The van der Waals surface area contributed by atoms with Gasteiger partial charge in [-0.1, -0.05) is 18.2 Å². The third-order valence-electron chi connectivity index (χ3n) is 5.52. The molecular weight excluding hydrogens is 424 g/mol. The molecule has 0 atom stereocenters. The number of nitrogens with zero attached hydrogens (tertiary/aromatic N) is 5. The van der Waals surface area contributed by atoms with Gasteiger partial charge in [0.2, 0.25) is 0 Å². The minimum Gasteiger partial charge on any atom is -0.334 e. The van der Waals surface area contributed by atoms with Crippen molar-refractivity contribution in [2.45, 2.75) is 6.04 Å². The lowest BCUT2D eigenvalue weighted by Crippen LogP contribution is -2.54. The van der Waals surface area contributed by atoms with Crippen LogP contribution in [0.4, 0.5) is 0 Å². The topological polar surface area (TPSA) is 123 Å². The zero-order valence-corrected chi connectivity index (χ0v) is 17.3. The number of benzene rings is 1. The molecule has 0 saturated carbocycles. The van der Waals surface area contributed by atoms with E-state index in [2.05, 4.69) is 15.1 Å². The van der Waals surface area contributed by atoms with Crippen molar-refractivity contribution < 1.29 is 4.79 Å². The number of hydrogen-bond acceptors (Lipinski definition) is 6. The summed E-state index contributed by atoms with van der Waals surface area (Å²) in [5.74, 6) is -0.518. The molecular formula is C23H18N6O4. The van der Waals surface area contributed by atoms with Gasteiger partial charge in [-0.25, -0.2) is 14.0 Å². The number of para-hydroxylation sites is 1. The maximum atomic E-state index is 13.0. The van der Waals surface area contributed by atoms with E-state index in [1.54, 1.807) is 60.9 Å². The van der Waals surface area contributed by atoms with E-state index >= 15 is 0 Å². The van der Waals surface area contributed by atoms with Crippen molar-refractivity contribution in [3.8, 4) is 16.9 Å². The van der Waals surface area contributed by atoms with E-state index in [-0.39, 0.29) is 30.3 Å². The lowest BCUT2D eigenvalue weighted by atomic mass is 10.1. The molecule has 0 bridgehead atoms. The molecule has 10 heteroatoms.